The van der Waals surface area contributed by atoms with E-state index in [9.17, 15) is 0 Å². The third kappa shape index (κ3) is 4.64. The molecule has 2 aromatic heterocycles. The Kier molecular flexibility index (Phi) is 6.06. The highest BCUT2D eigenvalue weighted by atomic mass is 35.5. The van der Waals surface area contributed by atoms with E-state index in [1.165, 1.54) is 6.33 Å². The fourth-order valence-electron chi connectivity index (χ4n) is 2.55. The predicted octanol–water partition coefficient (Wildman–Crippen LogP) is 5.42. The number of anilines is 2. The molecule has 0 aliphatic carbocycles. The molecule has 27 heavy (non-hydrogen) atoms. The zero-order chi connectivity index (χ0) is 17.8. The van der Waals surface area contributed by atoms with Gasteiger partial charge in [0.15, 0.2) is 0 Å². The van der Waals surface area contributed by atoms with Gasteiger partial charge in [0.2, 0.25) is 0 Å². The summed E-state index contributed by atoms with van der Waals surface area (Å²) in [5.74, 6) is 1.48. The molecule has 7 heteroatoms. The maximum Gasteiger partial charge on any atom is 0.141 e. The third-order valence-electron chi connectivity index (χ3n) is 3.85. The lowest BCUT2D eigenvalue weighted by Crippen LogP contribution is -1.97. The van der Waals surface area contributed by atoms with E-state index in [0.717, 1.165) is 27.9 Å². The maximum atomic E-state index is 5.99. The number of pyridine rings is 1. The molecule has 4 aromatic rings. The minimum atomic E-state index is 0. The minimum absolute atomic E-state index is 0. The molecule has 0 fully saturated rings. The Bertz CT molecular complexity index is 1030. The van der Waals surface area contributed by atoms with Crippen molar-refractivity contribution < 1.29 is 4.74 Å². The molecule has 2 heterocycles. The van der Waals surface area contributed by atoms with Crippen molar-refractivity contribution in [3.63, 3.8) is 0 Å². The topological polar surface area (TPSA) is 59.9 Å². The highest BCUT2D eigenvalue weighted by Crippen LogP contribution is 2.25. The molecule has 0 unspecified atom stereocenters. The maximum absolute atomic E-state index is 5.99. The second-order valence-corrected chi connectivity index (χ2v) is 6.06. The van der Waals surface area contributed by atoms with Gasteiger partial charge in [-0.05, 0) is 35.9 Å². The fraction of sp³-hybridized carbons (Fsp3) is 0.0500. The second kappa shape index (κ2) is 8.66. The van der Waals surface area contributed by atoms with Crippen LogP contribution in [0.3, 0.4) is 0 Å². The van der Waals surface area contributed by atoms with E-state index >= 15 is 0 Å². The molecular weight excluding hydrogens is 383 g/mol. The van der Waals surface area contributed by atoms with Gasteiger partial charge in [0, 0.05) is 11.1 Å². The predicted molar refractivity (Wildman–Crippen MR) is 110 cm³/mol. The molecule has 2 aromatic carbocycles. The largest absolute Gasteiger partial charge is 0.489 e. The first-order valence-electron chi connectivity index (χ1n) is 8.08. The van der Waals surface area contributed by atoms with Crippen LogP contribution in [0.4, 0.5) is 11.5 Å². The Labute approximate surface area is 167 Å². The van der Waals surface area contributed by atoms with Crippen molar-refractivity contribution in [2.75, 3.05) is 5.32 Å². The number of nitrogens with zero attached hydrogens (tertiary/aromatic N) is 3. The first kappa shape index (κ1) is 18.9. The average molecular weight is 399 g/mol. The second-order valence-electron chi connectivity index (χ2n) is 5.67. The Morgan fingerprint density at radius 3 is 2.48 bits per heavy atom. The monoisotopic (exact) mass is 398 g/mol. The highest BCUT2D eigenvalue weighted by Gasteiger charge is 2.06. The molecule has 4 rings (SSSR count). The van der Waals surface area contributed by atoms with Gasteiger partial charge >= 0.3 is 0 Å². The van der Waals surface area contributed by atoms with Gasteiger partial charge in [0.05, 0.1) is 11.7 Å². The number of halogens is 2. The van der Waals surface area contributed by atoms with Crippen LogP contribution < -0.4 is 10.1 Å². The minimum Gasteiger partial charge on any atom is -0.489 e. The molecule has 0 aliphatic rings. The van der Waals surface area contributed by atoms with E-state index in [4.69, 9.17) is 16.3 Å². The molecule has 1 N–H and O–H groups in total. The van der Waals surface area contributed by atoms with Crippen LogP contribution in [0.5, 0.6) is 5.75 Å². The van der Waals surface area contributed by atoms with Crippen molar-refractivity contribution in [1.29, 1.82) is 0 Å². The molecule has 5 nitrogen and oxygen atoms in total. The number of hydrogen-bond donors (Lipinski definition) is 1. The summed E-state index contributed by atoms with van der Waals surface area (Å²) < 4.78 is 5.80. The van der Waals surface area contributed by atoms with Crippen LogP contribution in [0.2, 0.25) is 5.15 Å². The molecule has 0 saturated heterocycles. The van der Waals surface area contributed by atoms with E-state index in [0.29, 0.717) is 17.6 Å². The van der Waals surface area contributed by atoms with Crippen molar-refractivity contribution in [3.8, 4) is 5.75 Å². The van der Waals surface area contributed by atoms with Crippen LogP contribution >= 0.6 is 24.0 Å². The third-order valence-corrected chi connectivity index (χ3v) is 4.06. The van der Waals surface area contributed by atoms with Crippen LogP contribution in [-0.2, 0) is 6.61 Å². The Morgan fingerprint density at radius 2 is 1.70 bits per heavy atom. The summed E-state index contributed by atoms with van der Waals surface area (Å²) in [5, 5.41) is 4.50. The molecule has 0 saturated carbocycles. The first-order valence-corrected chi connectivity index (χ1v) is 8.46. The van der Waals surface area contributed by atoms with Crippen LogP contribution in [0.25, 0.3) is 10.9 Å². The van der Waals surface area contributed by atoms with Crippen molar-refractivity contribution >= 4 is 46.4 Å². The quantitative estimate of drug-likeness (QED) is 0.454. The van der Waals surface area contributed by atoms with Crippen LogP contribution in [0.1, 0.15) is 5.56 Å². The van der Waals surface area contributed by atoms with E-state index in [1.807, 2.05) is 54.6 Å². The lowest BCUT2D eigenvalue weighted by molar-refractivity contribution is 0.306. The Hall–Kier alpha value is -2.89. The average Bonchev–Trinajstić information content (AvgIpc) is 2.69. The molecule has 0 radical (unpaired) electrons. The number of hydrogen-bond acceptors (Lipinski definition) is 5. The smallest absolute Gasteiger partial charge is 0.141 e. The first-order chi connectivity index (χ1) is 12.8. The van der Waals surface area contributed by atoms with E-state index in [-0.39, 0.29) is 12.4 Å². The number of ether oxygens (including phenoxy) is 1. The highest BCUT2D eigenvalue weighted by molar-refractivity contribution is 6.30. The zero-order valence-electron chi connectivity index (χ0n) is 14.2. The van der Waals surface area contributed by atoms with Crippen LogP contribution in [0, 0.1) is 0 Å². The van der Waals surface area contributed by atoms with Crippen LogP contribution in [0.15, 0.2) is 73.2 Å². The SMILES string of the molecule is Cl.Clc1cc2c(Nc3ccc(OCc4ccccc4)cc3)ncnc2cn1. The summed E-state index contributed by atoms with van der Waals surface area (Å²) in [5.41, 5.74) is 2.76. The standard InChI is InChI=1S/C20H15ClN4O.ClH/c21-19-10-17-18(11-22-19)23-13-24-20(17)25-15-6-8-16(9-7-15)26-12-14-4-2-1-3-5-14;/h1-11,13H,12H2,(H,23,24,25);1H. The summed E-state index contributed by atoms with van der Waals surface area (Å²) in [6.45, 7) is 0.537. The van der Waals surface area contributed by atoms with Gasteiger partial charge in [-0.1, -0.05) is 41.9 Å². The lowest BCUT2D eigenvalue weighted by Gasteiger charge is -2.10. The number of nitrogens with one attached hydrogen (secondary N) is 1. The molecule has 0 aliphatic heterocycles. The fourth-order valence-corrected chi connectivity index (χ4v) is 2.70. The summed E-state index contributed by atoms with van der Waals surface area (Å²) in [4.78, 5) is 12.5. The van der Waals surface area contributed by atoms with Crippen molar-refractivity contribution in [3.05, 3.63) is 83.9 Å². The molecule has 0 bridgehead atoms. The van der Waals surface area contributed by atoms with Crippen molar-refractivity contribution in [1.82, 2.24) is 15.0 Å². The van der Waals surface area contributed by atoms with Gasteiger partial charge in [-0.15, -0.1) is 12.4 Å². The lowest BCUT2D eigenvalue weighted by atomic mass is 10.2. The van der Waals surface area contributed by atoms with Gasteiger partial charge in [0.1, 0.15) is 29.7 Å². The van der Waals surface area contributed by atoms with Gasteiger partial charge in [0.25, 0.3) is 0 Å². The summed E-state index contributed by atoms with van der Waals surface area (Å²) in [6, 6.07) is 19.5. The number of aromatic nitrogens is 3. The Morgan fingerprint density at radius 1 is 0.926 bits per heavy atom. The van der Waals surface area contributed by atoms with Gasteiger partial charge in [-0.2, -0.15) is 0 Å². The van der Waals surface area contributed by atoms with Crippen LogP contribution in [-0.4, -0.2) is 15.0 Å². The van der Waals surface area contributed by atoms with E-state index in [2.05, 4.69) is 20.3 Å². The number of rotatable bonds is 5. The number of fused-ring (bicyclic) bond motifs is 1. The molecule has 0 atom stereocenters. The van der Waals surface area contributed by atoms with Crippen molar-refractivity contribution in [2.45, 2.75) is 6.61 Å². The molecule has 0 amide bonds. The van der Waals surface area contributed by atoms with Gasteiger partial charge in [-0.25, -0.2) is 15.0 Å². The molecular formula is C20H16Cl2N4O. The molecule has 0 spiro atoms. The Balaban J connectivity index is 0.00000210. The summed E-state index contributed by atoms with van der Waals surface area (Å²) in [7, 11) is 0. The summed E-state index contributed by atoms with van der Waals surface area (Å²) >= 11 is 5.99. The van der Waals surface area contributed by atoms with Gasteiger partial charge < -0.3 is 10.1 Å². The summed E-state index contributed by atoms with van der Waals surface area (Å²) in [6.07, 6.45) is 3.13. The van der Waals surface area contributed by atoms with E-state index < -0.39 is 0 Å². The molecule has 136 valence electrons. The number of benzene rings is 2. The van der Waals surface area contributed by atoms with E-state index in [1.54, 1.807) is 12.3 Å². The zero-order valence-corrected chi connectivity index (χ0v) is 15.7. The van der Waals surface area contributed by atoms with Gasteiger partial charge in [-0.3, -0.25) is 0 Å². The normalized spacial score (nSPS) is 10.3. The van der Waals surface area contributed by atoms with Crippen molar-refractivity contribution in [2.24, 2.45) is 0 Å².